The molecule has 0 atom stereocenters. The molecule has 1 aromatic heterocycles. The predicted molar refractivity (Wildman–Crippen MR) is 102 cm³/mol. The maximum absolute atomic E-state index is 13.1. The molecule has 0 fully saturated rings. The lowest BCUT2D eigenvalue weighted by atomic mass is 10.0. The number of aryl methyl sites for hydroxylation is 1. The van der Waals surface area contributed by atoms with Crippen LogP contribution in [-0.2, 0) is 18.9 Å². The monoisotopic (exact) mass is 457 g/mol. The number of nitrogens with zero attached hydrogens (tertiary/aromatic N) is 3. The van der Waals surface area contributed by atoms with Crippen molar-refractivity contribution in [2.24, 2.45) is 0 Å². The van der Waals surface area contributed by atoms with Gasteiger partial charge in [0, 0.05) is 11.3 Å². The van der Waals surface area contributed by atoms with E-state index in [0.29, 0.717) is 34.6 Å². The maximum Gasteiger partial charge on any atom is 0.416 e. The van der Waals surface area contributed by atoms with Gasteiger partial charge in [0.1, 0.15) is 6.07 Å². The number of hydrogen-bond acceptors (Lipinski definition) is 2. The highest BCUT2D eigenvalue weighted by atomic mass is 35.5. The fraction of sp³-hybridized carbons (Fsp3) is 0.238. The molecule has 3 nitrogen and oxygen atoms in total. The van der Waals surface area contributed by atoms with Crippen LogP contribution in [0.2, 0.25) is 5.02 Å². The number of rotatable bonds is 3. The number of hydrogen-bond donors (Lipinski definition) is 0. The number of benzene rings is 2. The summed E-state index contributed by atoms with van der Waals surface area (Å²) >= 11 is 6.08. The molecule has 0 unspecified atom stereocenters. The Morgan fingerprint density at radius 3 is 2.03 bits per heavy atom. The van der Waals surface area contributed by atoms with E-state index in [1.165, 1.54) is 10.7 Å². The summed E-state index contributed by atoms with van der Waals surface area (Å²) in [5.74, 6) is 0. The molecular weight excluding hydrogens is 444 g/mol. The molecule has 2 aromatic carbocycles. The van der Waals surface area contributed by atoms with Crippen LogP contribution in [0.15, 0.2) is 36.4 Å². The standard InChI is InChI=1S/C21H14ClF6N3/c1-11-19(14-3-4-15(9-29)18(22)7-14)12(2)31(30-11)10-13-5-16(20(23,24)25)8-17(6-13)21(26,27)28/h3-8H,10H2,1-2H3. The Bertz CT molecular complexity index is 1150. The van der Waals surface area contributed by atoms with Crippen LogP contribution < -0.4 is 0 Å². The third-order valence-electron chi connectivity index (χ3n) is 4.74. The van der Waals surface area contributed by atoms with Crippen LogP contribution in [0, 0.1) is 25.2 Å². The summed E-state index contributed by atoms with van der Waals surface area (Å²) in [6.45, 7) is 3.03. The van der Waals surface area contributed by atoms with Crippen molar-refractivity contribution < 1.29 is 26.3 Å². The second kappa shape index (κ2) is 7.93. The van der Waals surface area contributed by atoms with Gasteiger partial charge in [0.15, 0.2) is 0 Å². The Kier molecular flexibility index (Phi) is 5.80. The number of alkyl halides is 6. The van der Waals surface area contributed by atoms with E-state index in [9.17, 15) is 26.3 Å². The molecule has 0 bridgehead atoms. The first-order valence-corrected chi connectivity index (χ1v) is 9.21. The van der Waals surface area contributed by atoms with Crippen molar-refractivity contribution in [3.63, 3.8) is 0 Å². The highest BCUT2D eigenvalue weighted by Gasteiger charge is 2.37. The third kappa shape index (κ3) is 4.69. The molecule has 31 heavy (non-hydrogen) atoms. The molecule has 0 aliphatic heterocycles. The molecule has 0 amide bonds. The van der Waals surface area contributed by atoms with Crippen molar-refractivity contribution in [3.8, 4) is 17.2 Å². The summed E-state index contributed by atoms with van der Waals surface area (Å²) in [4.78, 5) is 0. The van der Waals surface area contributed by atoms with Crippen molar-refractivity contribution >= 4 is 11.6 Å². The van der Waals surface area contributed by atoms with E-state index in [2.05, 4.69) is 5.10 Å². The largest absolute Gasteiger partial charge is 0.416 e. The highest BCUT2D eigenvalue weighted by molar-refractivity contribution is 6.32. The molecule has 0 saturated heterocycles. The highest BCUT2D eigenvalue weighted by Crippen LogP contribution is 2.37. The quantitative estimate of drug-likeness (QED) is 0.407. The molecule has 10 heteroatoms. The van der Waals surface area contributed by atoms with Crippen molar-refractivity contribution in [2.45, 2.75) is 32.7 Å². The molecular formula is C21H14ClF6N3. The molecule has 0 aliphatic rings. The Hall–Kier alpha value is -2.99. The van der Waals surface area contributed by atoms with Gasteiger partial charge in [0.25, 0.3) is 0 Å². The van der Waals surface area contributed by atoms with E-state index in [1.807, 2.05) is 6.07 Å². The summed E-state index contributed by atoms with van der Waals surface area (Å²) in [6, 6.07) is 8.14. The second-order valence-electron chi connectivity index (χ2n) is 6.92. The van der Waals surface area contributed by atoms with Crippen LogP contribution in [0.3, 0.4) is 0 Å². The summed E-state index contributed by atoms with van der Waals surface area (Å²) in [5.41, 5.74) is -0.352. The van der Waals surface area contributed by atoms with Gasteiger partial charge in [-0.2, -0.15) is 36.7 Å². The average Bonchev–Trinajstić information content (AvgIpc) is 2.93. The fourth-order valence-corrected chi connectivity index (χ4v) is 3.54. The van der Waals surface area contributed by atoms with Crippen molar-refractivity contribution in [1.29, 1.82) is 5.26 Å². The fourth-order valence-electron chi connectivity index (χ4n) is 3.31. The van der Waals surface area contributed by atoms with Gasteiger partial charge in [0.2, 0.25) is 0 Å². The maximum atomic E-state index is 13.1. The van der Waals surface area contributed by atoms with Crippen molar-refractivity contribution in [1.82, 2.24) is 9.78 Å². The minimum Gasteiger partial charge on any atom is -0.265 e. The van der Waals surface area contributed by atoms with Crippen molar-refractivity contribution in [2.75, 3.05) is 0 Å². The van der Waals surface area contributed by atoms with E-state index in [4.69, 9.17) is 16.9 Å². The van der Waals surface area contributed by atoms with E-state index >= 15 is 0 Å². The van der Waals surface area contributed by atoms with Crippen LogP contribution >= 0.6 is 11.6 Å². The zero-order chi connectivity index (χ0) is 23.1. The van der Waals surface area contributed by atoms with Gasteiger partial charge in [-0.05, 0) is 55.3 Å². The molecule has 0 N–H and O–H groups in total. The molecule has 0 spiro atoms. The van der Waals surface area contributed by atoms with Gasteiger partial charge in [0.05, 0.1) is 34.0 Å². The lowest BCUT2D eigenvalue weighted by Crippen LogP contribution is -2.13. The van der Waals surface area contributed by atoms with Crippen LogP contribution in [0.25, 0.3) is 11.1 Å². The zero-order valence-corrected chi connectivity index (χ0v) is 16.9. The van der Waals surface area contributed by atoms with Gasteiger partial charge in [-0.3, -0.25) is 4.68 Å². The van der Waals surface area contributed by atoms with Gasteiger partial charge in [-0.25, -0.2) is 0 Å². The number of nitriles is 1. The molecule has 3 rings (SSSR count). The smallest absolute Gasteiger partial charge is 0.265 e. The third-order valence-corrected chi connectivity index (χ3v) is 5.05. The molecule has 162 valence electrons. The average molecular weight is 458 g/mol. The summed E-state index contributed by atoms with van der Waals surface area (Å²) in [6.07, 6.45) is -9.84. The van der Waals surface area contributed by atoms with Gasteiger partial charge in [-0.15, -0.1) is 0 Å². The van der Waals surface area contributed by atoms with Crippen LogP contribution in [0.5, 0.6) is 0 Å². The van der Waals surface area contributed by atoms with E-state index in [-0.39, 0.29) is 28.8 Å². The topological polar surface area (TPSA) is 41.6 Å². The number of aromatic nitrogens is 2. The Labute approximate surface area is 178 Å². The molecule has 3 aromatic rings. The Morgan fingerprint density at radius 1 is 0.968 bits per heavy atom. The van der Waals surface area contributed by atoms with Gasteiger partial charge >= 0.3 is 12.4 Å². The van der Waals surface area contributed by atoms with Crippen LogP contribution in [0.1, 0.15) is 33.6 Å². The predicted octanol–water partition coefficient (Wildman–Crippen LogP) is 6.78. The number of halogens is 7. The SMILES string of the molecule is Cc1nn(Cc2cc(C(F)(F)F)cc(C(F)(F)F)c2)c(C)c1-c1ccc(C#N)c(Cl)c1. The molecule has 0 radical (unpaired) electrons. The Morgan fingerprint density at radius 2 is 1.55 bits per heavy atom. The second-order valence-corrected chi connectivity index (χ2v) is 7.33. The van der Waals surface area contributed by atoms with Gasteiger partial charge < -0.3 is 0 Å². The first-order valence-electron chi connectivity index (χ1n) is 8.83. The summed E-state index contributed by atoms with van der Waals surface area (Å²) in [5, 5.41) is 13.5. The first-order chi connectivity index (χ1) is 14.3. The minimum absolute atomic E-state index is 0.0921. The molecule has 0 saturated carbocycles. The van der Waals surface area contributed by atoms with E-state index in [1.54, 1.807) is 26.0 Å². The zero-order valence-electron chi connectivity index (χ0n) is 16.2. The minimum atomic E-state index is -4.92. The van der Waals surface area contributed by atoms with E-state index < -0.39 is 23.5 Å². The molecule has 1 heterocycles. The lowest BCUT2D eigenvalue weighted by molar-refractivity contribution is -0.143. The Balaban J connectivity index is 2.06. The van der Waals surface area contributed by atoms with Crippen molar-refractivity contribution in [3.05, 3.63) is 75.1 Å². The van der Waals surface area contributed by atoms with E-state index in [0.717, 1.165) is 0 Å². The lowest BCUT2D eigenvalue weighted by Gasteiger charge is -2.15. The first kappa shape index (κ1) is 22.7. The van der Waals surface area contributed by atoms with Crippen LogP contribution in [-0.4, -0.2) is 9.78 Å². The summed E-state index contributed by atoms with van der Waals surface area (Å²) < 4.78 is 80.0. The molecule has 0 aliphatic carbocycles. The van der Waals surface area contributed by atoms with Crippen LogP contribution in [0.4, 0.5) is 26.3 Å². The summed E-state index contributed by atoms with van der Waals surface area (Å²) in [7, 11) is 0. The normalized spacial score (nSPS) is 12.1. The van der Waals surface area contributed by atoms with Gasteiger partial charge in [-0.1, -0.05) is 17.7 Å².